The first-order valence-electron chi connectivity index (χ1n) is 19.8. The Morgan fingerprint density at radius 1 is 0.403 bits per heavy atom. The second kappa shape index (κ2) is 29.0. The van der Waals surface area contributed by atoms with Crippen LogP contribution in [0.4, 0.5) is 0 Å². The van der Waals surface area contributed by atoms with Crippen molar-refractivity contribution in [3.05, 3.63) is 0 Å². The summed E-state index contributed by atoms with van der Waals surface area (Å²) in [5.74, 6) is -17.3. The van der Waals surface area contributed by atoms with Crippen LogP contribution in [0.3, 0.4) is 0 Å². The molecule has 0 heterocycles. The third-order valence-corrected chi connectivity index (χ3v) is 9.64. The van der Waals surface area contributed by atoms with Gasteiger partial charge in [0, 0.05) is 88.0 Å². The molecule has 0 saturated carbocycles. The van der Waals surface area contributed by atoms with Gasteiger partial charge in [-0.1, -0.05) is 0 Å². The summed E-state index contributed by atoms with van der Waals surface area (Å²) < 4.78 is 0. The van der Waals surface area contributed by atoms with Crippen LogP contribution in [0.1, 0.15) is 116 Å². The van der Waals surface area contributed by atoms with Gasteiger partial charge in [-0.2, -0.15) is 0 Å². The number of Topliss-reactive ketones (excluding diaryl/α,β-unsaturated/α-hetero) is 3. The highest BCUT2D eigenvalue weighted by Crippen LogP contribution is 2.21. The summed E-state index contributed by atoms with van der Waals surface area (Å²) in [5.41, 5.74) is 21.5. The SMILES string of the molecule is C[C@H](CCC(=O)O)NC(=O)[C@H](CCC(N)=O)CC(=O)[C@H](CCC(=O)O)NC(=O)[C@H](CCC(N)=O)CC(=O)[C@H](CCC(=O)O)NC(=O)[C@H](CCC(N)=O)CC(=O)[C@@H](N)CCC(=O)O. The zero-order valence-electron chi connectivity index (χ0n) is 34.5. The predicted molar refractivity (Wildman–Crippen MR) is 212 cm³/mol. The molecule has 0 aliphatic rings. The van der Waals surface area contributed by atoms with Gasteiger partial charge in [0.05, 0.1) is 18.1 Å². The maximum atomic E-state index is 13.8. The maximum Gasteiger partial charge on any atom is 0.303 e. The summed E-state index contributed by atoms with van der Waals surface area (Å²) in [6.07, 6.45) is -7.89. The van der Waals surface area contributed by atoms with Crippen LogP contribution in [0.25, 0.3) is 0 Å². The summed E-state index contributed by atoms with van der Waals surface area (Å²) >= 11 is 0. The zero-order valence-corrected chi connectivity index (χ0v) is 34.5. The standard InChI is InChI=1S/C38H59N7O17/c1-19(2-12-32(52)53)43-36(60)21(4-10-30(41)50)17-27(47)24(7-14-34(56)57)45-38(62)22(5-11-31(42)51)18-28(48)25(8-15-35(58)59)44-37(61)20(3-9-29(40)49)16-26(46)23(39)6-13-33(54)55/h19-25H,2-18,39H2,1H3,(H2,40,49)(H2,41,50)(H2,42,51)(H,43,60)(H,44,61)(H,45,62)(H,52,53)(H,54,55)(H,56,57)(H,58,59)/t19-,20-,21-,22-,23+,24+,25+/m1/s1. The van der Waals surface area contributed by atoms with E-state index in [9.17, 15) is 72.5 Å². The number of ketones is 3. The van der Waals surface area contributed by atoms with Gasteiger partial charge in [-0.05, 0) is 51.9 Å². The molecule has 7 atom stereocenters. The van der Waals surface area contributed by atoms with Crippen molar-refractivity contribution in [3.8, 4) is 0 Å². The van der Waals surface area contributed by atoms with E-state index in [1.54, 1.807) is 0 Å². The highest BCUT2D eigenvalue weighted by molar-refractivity contribution is 5.97. The Hall–Kier alpha value is -6.33. The van der Waals surface area contributed by atoms with Crippen molar-refractivity contribution < 1.29 is 82.8 Å². The Labute approximate surface area is 356 Å². The highest BCUT2D eigenvalue weighted by Gasteiger charge is 2.34. The van der Waals surface area contributed by atoms with Gasteiger partial charge in [-0.3, -0.25) is 62.3 Å². The highest BCUT2D eigenvalue weighted by atomic mass is 16.4. The molecule has 0 aromatic rings. The number of aliphatic carboxylic acids is 4. The third kappa shape index (κ3) is 25.3. The molecule has 24 heteroatoms. The molecule has 24 nitrogen and oxygen atoms in total. The molecule has 0 aliphatic carbocycles. The van der Waals surface area contributed by atoms with Gasteiger partial charge in [0.25, 0.3) is 0 Å². The van der Waals surface area contributed by atoms with Crippen molar-refractivity contribution >= 4 is 76.7 Å². The van der Waals surface area contributed by atoms with E-state index in [1.807, 2.05) is 0 Å². The van der Waals surface area contributed by atoms with Gasteiger partial charge in [0.1, 0.15) is 5.78 Å². The molecule has 0 unspecified atom stereocenters. The minimum Gasteiger partial charge on any atom is -0.481 e. The Morgan fingerprint density at radius 3 is 1.02 bits per heavy atom. The van der Waals surface area contributed by atoms with E-state index < -0.39 is 189 Å². The van der Waals surface area contributed by atoms with Crippen molar-refractivity contribution in [2.24, 2.45) is 40.7 Å². The molecule has 0 aromatic carbocycles. The zero-order chi connectivity index (χ0) is 47.7. The molecule has 0 aromatic heterocycles. The minimum absolute atomic E-state index is 0.0154. The lowest BCUT2D eigenvalue weighted by molar-refractivity contribution is -0.139. The van der Waals surface area contributed by atoms with Gasteiger partial charge in [0.2, 0.25) is 35.4 Å². The molecule has 62 heavy (non-hydrogen) atoms. The Kier molecular flexibility index (Phi) is 26.1. The maximum absolute atomic E-state index is 13.8. The fourth-order valence-electron chi connectivity index (χ4n) is 6.05. The first kappa shape index (κ1) is 55.7. The monoisotopic (exact) mass is 885 g/mol. The summed E-state index contributed by atoms with van der Waals surface area (Å²) in [6.45, 7) is 1.50. The van der Waals surface area contributed by atoms with Gasteiger partial charge in [0.15, 0.2) is 11.6 Å². The molecule has 0 bridgehead atoms. The van der Waals surface area contributed by atoms with Crippen LogP contribution in [-0.2, 0) is 62.3 Å². The number of hydrogen-bond acceptors (Lipinski definition) is 14. The predicted octanol–water partition coefficient (Wildman–Crippen LogP) is -2.23. The number of amides is 6. The molecular weight excluding hydrogens is 826 g/mol. The fraction of sp³-hybridized carbons (Fsp3) is 0.658. The van der Waals surface area contributed by atoms with Crippen molar-refractivity contribution in [2.75, 3.05) is 0 Å². The van der Waals surface area contributed by atoms with Crippen LogP contribution in [0.2, 0.25) is 0 Å². The van der Waals surface area contributed by atoms with Crippen LogP contribution in [0, 0.1) is 17.8 Å². The van der Waals surface area contributed by atoms with Gasteiger partial charge in [-0.15, -0.1) is 0 Å². The van der Waals surface area contributed by atoms with Crippen molar-refractivity contribution in [3.63, 3.8) is 0 Å². The second-order valence-corrected chi connectivity index (χ2v) is 15.0. The summed E-state index contributed by atoms with van der Waals surface area (Å²) in [7, 11) is 0. The van der Waals surface area contributed by atoms with Gasteiger partial charge >= 0.3 is 23.9 Å². The van der Waals surface area contributed by atoms with E-state index in [2.05, 4.69) is 16.0 Å². The van der Waals surface area contributed by atoms with Gasteiger partial charge in [-0.25, -0.2) is 0 Å². The van der Waals surface area contributed by atoms with Crippen LogP contribution in [0.5, 0.6) is 0 Å². The molecule has 0 fully saturated rings. The lowest BCUT2D eigenvalue weighted by atomic mass is 9.88. The Balaban J connectivity index is 6.58. The first-order chi connectivity index (χ1) is 28.8. The average Bonchev–Trinajstić information content (AvgIpc) is 3.16. The van der Waals surface area contributed by atoms with Crippen LogP contribution in [0.15, 0.2) is 0 Å². The number of nitrogens with one attached hydrogen (secondary N) is 3. The summed E-state index contributed by atoms with van der Waals surface area (Å²) in [4.78, 5) is 161. The van der Waals surface area contributed by atoms with Crippen molar-refractivity contribution in [2.45, 2.75) is 140 Å². The number of rotatable bonds is 36. The molecule has 15 N–H and O–H groups in total. The molecule has 0 saturated heterocycles. The van der Waals surface area contributed by atoms with Gasteiger partial charge < -0.3 is 59.3 Å². The molecule has 0 radical (unpaired) electrons. The minimum atomic E-state index is -1.65. The average molecular weight is 886 g/mol. The van der Waals surface area contributed by atoms with Crippen LogP contribution in [-0.4, -0.2) is 121 Å². The Morgan fingerprint density at radius 2 is 0.694 bits per heavy atom. The molecule has 348 valence electrons. The fourth-order valence-corrected chi connectivity index (χ4v) is 6.05. The van der Waals surface area contributed by atoms with E-state index in [1.165, 1.54) is 6.92 Å². The first-order valence-corrected chi connectivity index (χ1v) is 19.8. The molecular formula is C38H59N7O17. The molecule has 0 rings (SSSR count). The third-order valence-electron chi connectivity index (χ3n) is 9.64. The van der Waals surface area contributed by atoms with E-state index in [-0.39, 0.29) is 38.5 Å². The van der Waals surface area contributed by atoms with Crippen molar-refractivity contribution in [1.82, 2.24) is 16.0 Å². The lowest BCUT2D eigenvalue weighted by Gasteiger charge is -2.26. The molecule has 6 amide bonds. The van der Waals surface area contributed by atoms with Crippen molar-refractivity contribution in [1.29, 1.82) is 0 Å². The number of hydrogen-bond donors (Lipinski definition) is 11. The number of primary amides is 3. The summed E-state index contributed by atoms with van der Waals surface area (Å²) in [5, 5.41) is 43.9. The topological polar surface area (TPSA) is 443 Å². The number of carbonyl (C=O) groups is 13. The van der Waals surface area contributed by atoms with E-state index >= 15 is 0 Å². The quantitative estimate of drug-likeness (QED) is 0.0317. The number of nitrogens with two attached hydrogens (primary N) is 4. The normalized spacial score (nSPS) is 14.3. The van der Waals surface area contributed by atoms with E-state index in [0.717, 1.165) is 0 Å². The molecule has 0 aliphatic heterocycles. The van der Waals surface area contributed by atoms with E-state index in [4.69, 9.17) is 33.1 Å². The number of carboxylic acid groups (broad SMARTS) is 4. The van der Waals surface area contributed by atoms with Crippen LogP contribution >= 0.6 is 0 Å². The lowest BCUT2D eigenvalue weighted by Crippen LogP contribution is -2.48. The second-order valence-electron chi connectivity index (χ2n) is 15.0. The Bertz CT molecular complexity index is 1670. The van der Waals surface area contributed by atoms with E-state index in [0.29, 0.717) is 0 Å². The summed E-state index contributed by atoms with van der Waals surface area (Å²) in [6, 6.07) is -5.27. The number of carbonyl (C=O) groups excluding carboxylic acids is 9. The largest absolute Gasteiger partial charge is 0.481 e. The van der Waals surface area contributed by atoms with Crippen LogP contribution < -0.4 is 38.9 Å². The molecule has 0 spiro atoms. The smallest absolute Gasteiger partial charge is 0.303 e. The number of carboxylic acids is 4.